The lowest BCUT2D eigenvalue weighted by molar-refractivity contribution is 0.630. The van der Waals surface area contributed by atoms with Gasteiger partial charge in [-0.15, -0.1) is 0 Å². The largest absolute Gasteiger partial charge is 0.206 e. The molecule has 18 heavy (non-hydrogen) atoms. The summed E-state index contributed by atoms with van der Waals surface area (Å²) < 4.78 is 14.0. The van der Waals surface area contributed by atoms with Gasteiger partial charge in [0.2, 0.25) is 0 Å². The van der Waals surface area contributed by atoms with Gasteiger partial charge < -0.3 is 0 Å². The Bertz CT molecular complexity index is 594. The topological polar surface area (TPSA) is 0 Å². The highest BCUT2D eigenvalue weighted by Crippen LogP contribution is 2.48. The highest BCUT2D eigenvalue weighted by Gasteiger charge is 2.38. The normalized spacial score (nSPS) is 16.6. The number of hydrogen-bond acceptors (Lipinski definition) is 0. The van der Waals surface area contributed by atoms with Gasteiger partial charge in [-0.25, -0.2) is 4.39 Å². The Balaban J connectivity index is 2.06. The molecule has 3 rings (SSSR count). The Labute approximate surface area is 107 Å². The van der Waals surface area contributed by atoms with Gasteiger partial charge >= 0.3 is 0 Å². The van der Waals surface area contributed by atoms with Crippen molar-refractivity contribution in [1.82, 2.24) is 0 Å². The summed E-state index contributed by atoms with van der Waals surface area (Å²) in [5.74, 6) is -0.131. The zero-order valence-corrected chi connectivity index (χ0v) is 10.8. The van der Waals surface area contributed by atoms with Crippen LogP contribution < -0.4 is 0 Å². The highest BCUT2D eigenvalue weighted by atomic mass is 19.1. The van der Waals surface area contributed by atoms with Crippen LogP contribution in [0.3, 0.4) is 0 Å². The summed E-state index contributed by atoms with van der Waals surface area (Å²) in [7, 11) is 0. The lowest BCUT2D eigenvalue weighted by Crippen LogP contribution is -1.99. The second kappa shape index (κ2) is 3.94. The first kappa shape index (κ1) is 11.5. The molecular formula is C17H17F. The molecule has 1 saturated carbocycles. The Kier molecular flexibility index (Phi) is 2.51. The van der Waals surface area contributed by atoms with E-state index in [0.29, 0.717) is 11.0 Å². The molecule has 92 valence electrons. The maximum absolute atomic E-state index is 14.0. The first-order chi connectivity index (χ1) is 8.58. The molecular weight excluding hydrogens is 223 g/mol. The third kappa shape index (κ3) is 1.94. The SMILES string of the molecule is Cc1ccc(-c2cccc(C3(C)CC3)c2)c(F)c1. The molecule has 0 atom stereocenters. The summed E-state index contributed by atoms with van der Waals surface area (Å²) in [5.41, 5.74) is 4.31. The van der Waals surface area contributed by atoms with Crippen molar-refractivity contribution in [3.8, 4) is 11.1 Å². The molecule has 0 heterocycles. The van der Waals surface area contributed by atoms with Gasteiger partial charge in [0, 0.05) is 5.56 Å². The van der Waals surface area contributed by atoms with Crippen molar-refractivity contribution < 1.29 is 4.39 Å². The first-order valence-electron chi connectivity index (χ1n) is 6.46. The lowest BCUT2D eigenvalue weighted by Gasteiger charge is -2.11. The van der Waals surface area contributed by atoms with E-state index in [0.717, 1.165) is 11.1 Å². The third-order valence-corrected chi connectivity index (χ3v) is 4.00. The molecule has 0 amide bonds. The monoisotopic (exact) mass is 240 g/mol. The maximum atomic E-state index is 14.0. The third-order valence-electron chi connectivity index (χ3n) is 4.00. The molecule has 0 aromatic heterocycles. The van der Waals surface area contributed by atoms with Crippen LogP contribution in [0.4, 0.5) is 4.39 Å². The van der Waals surface area contributed by atoms with Crippen LogP contribution >= 0.6 is 0 Å². The van der Waals surface area contributed by atoms with Crippen LogP contribution in [0.5, 0.6) is 0 Å². The van der Waals surface area contributed by atoms with Gasteiger partial charge in [-0.2, -0.15) is 0 Å². The second-order valence-corrected chi connectivity index (χ2v) is 5.62. The van der Waals surface area contributed by atoms with E-state index in [2.05, 4.69) is 19.1 Å². The Hall–Kier alpha value is -1.63. The van der Waals surface area contributed by atoms with E-state index < -0.39 is 0 Å². The maximum Gasteiger partial charge on any atom is 0.131 e. The van der Waals surface area contributed by atoms with E-state index in [4.69, 9.17) is 0 Å². The van der Waals surface area contributed by atoms with E-state index in [1.807, 2.05) is 31.2 Å². The van der Waals surface area contributed by atoms with E-state index >= 15 is 0 Å². The molecule has 2 aromatic rings. The smallest absolute Gasteiger partial charge is 0.131 e. The van der Waals surface area contributed by atoms with Crippen LogP contribution in [-0.2, 0) is 5.41 Å². The fourth-order valence-electron chi connectivity index (χ4n) is 2.39. The molecule has 2 aromatic carbocycles. The zero-order chi connectivity index (χ0) is 12.8. The average molecular weight is 240 g/mol. The summed E-state index contributed by atoms with van der Waals surface area (Å²) in [6.45, 7) is 4.19. The van der Waals surface area contributed by atoms with Gasteiger partial charge in [-0.3, -0.25) is 0 Å². The van der Waals surface area contributed by atoms with Crippen LogP contribution in [0.25, 0.3) is 11.1 Å². The van der Waals surface area contributed by atoms with Crippen molar-refractivity contribution in [2.75, 3.05) is 0 Å². The minimum Gasteiger partial charge on any atom is -0.206 e. The summed E-state index contributed by atoms with van der Waals surface area (Å²) in [6, 6.07) is 13.8. The molecule has 1 heteroatoms. The van der Waals surface area contributed by atoms with Gasteiger partial charge in [-0.05, 0) is 47.9 Å². The Morgan fingerprint density at radius 1 is 1.06 bits per heavy atom. The molecule has 0 N–H and O–H groups in total. The quantitative estimate of drug-likeness (QED) is 0.703. The van der Waals surface area contributed by atoms with Crippen LogP contribution in [0.2, 0.25) is 0 Å². The first-order valence-corrected chi connectivity index (χ1v) is 6.46. The predicted octanol–water partition coefficient (Wildman–Crippen LogP) is 4.85. The fraction of sp³-hybridized carbons (Fsp3) is 0.294. The van der Waals surface area contributed by atoms with E-state index in [1.165, 1.54) is 18.4 Å². The van der Waals surface area contributed by atoms with E-state index in [9.17, 15) is 4.39 Å². The van der Waals surface area contributed by atoms with Crippen LogP contribution in [0.1, 0.15) is 30.9 Å². The van der Waals surface area contributed by atoms with Crippen molar-refractivity contribution >= 4 is 0 Å². The Morgan fingerprint density at radius 2 is 1.83 bits per heavy atom. The molecule has 0 unspecified atom stereocenters. The van der Waals surface area contributed by atoms with Gasteiger partial charge in [0.1, 0.15) is 5.82 Å². The van der Waals surface area contributed by atoms with Crippen molar-refractivity contribution in [1.29, 1.82) is 0 Å². The summed E-state index contributed by atoms with van der Waals surface area (Å²) >= 11 is 0. The number of hydrogen-bond donors (Lipinski definition) is 0. The van der Waals surface area contributed by atoms with E-state index in [1.54, 1.807) is 6.07 Å². The second-order valence-electron chi connectivity index (χ2n) is 5.62. The number of benzene rings is 2. The van der Waals surface area contributed by atoms with E-state index in [-0.39, 0.29) is 5.82 Å². The predicted molar refractivity (Wildman–Crippen MR) is 73.2 cm³/mol. The Morgan fingerprint density at radius 3 is 2.50 bits per heavy atom. The zero-order valence-electron chi connectivity index (χ0n) is 10.8. The van der Waals surface area contributed by atoms with Crippen molar-refractivity contribution in [3.63, 3.8) is 0 Å². The lowest BCUT2D eigenvalue weighted by atomic mass is 9.94. The minimum atomic E-state index is -0.131. The molecule has 1 aliphatic rings. The molecule has 1 aliphatic carbocycles. The number of aryl methyl sites for hydroxylation is 1. The van der Waals surface area contributed by atoms with Crippen molar-refractivity contribution in [3.05, 3.63) is 59.4 Å². The number of halogens is 1. The summed E-state index contributed by atoms with van der Waals surface area (Å²) in [4.78, 5) is 0. The van der Waals surface area contributed by atoms with Gasteiger partial charge in [0.15, 0.2) is 0 Å². The molecule has 1 fully saturated rings. The number of rotatable bonds is 2. The van der Waals surface area contributed by atoms with Crippen molar-refractivity contribution in [2.24, 2.45) is 0 Å². The van der Waals surface area contributed by atoms with Gasteiger partial charge in [-0.1, -0.05) is 43.3 Å². The highest BCUT2D eigenvalue weighted by molar-refractivity contribution is 5.66. The molecule has 0 bridgehead atoms. The van der Waals surface area contributed by atoms with Gasteiger partial charge in [0.05, 0.1) is 0 Å². The minimum absolute atomic E-state index is 0.131. The van der Waals surface area contributed by atoms with Gasteiger partial charge in [0.25, 0.3) is 0 Å². The van der Waals surface area contributed by atoms with Crippen molar-refractivity contribution in [2.45, 2.75) is 32.1 Å². The van der Waals surface area contributed by atoms with Crippen LogP contribution in [-0.4, -0.2) is 0 Å². The summed E-state index contributed by atoms with van der Waals surface area (Å²) in [5, 5.41) is 0. The molecule has 0 spiro atoms. The fourth-order valence-corrected chi connectivity index (χ4v) is 2.39. The standard InChI is InChI=1S/C17H17F/c1-12-6-7-15(16(18)10-12)13-4-3-5-14(11-13)17(2)8-9-17/h3-7,10-11H,8-9H2,1-2H3. The van der Waals surface area contributed by atoms with Crippen LogP contribution in [0, 0.1) is 12.7 Å². The molecule has 0 nitrogen and oxygen atoms in total. The van der Waals surface area contributed by atoms with Crippen LogP contribution in [0.15, 0.2) is 42.5 Å². The molecule has 0 radical (unpaired) electrons. The summed E-state index contributed by atoms with van der Waals surface area (Å²) in [6.07, 6.45) is 2.49. The molecule has 0 aliphatic heterocycles. The average Bonchev–Trinajstić information content (AvgIpc) is 3.09. The molecule has 0 saturated heterocycles.